The maximum absolute atomic E-state index is 13.5. The molecule has 0 bridgehead atoms. The Balaban J connectivity index is -0.00000205. The van der Waals surface area contributed by atoms with Gasteiger partial charge < -0.3 is 24.2 Å². The van der Waals surface area contributed by atoms with Gasteiger partial charge in [0, 0.05) is 34.6 Å². The average molecular weight is 478 g/mol. The van der Waals surface area contributed by atoms with Gasteiger partial charge in [0.05, 0.1) is 18.6 Å². The van der Waals surface area contributed by atoms with E-state index in [4.69, 9.17) is 5.11 Å². The van der Waals surface area contributed by atoms with Crippen molar-refractivity contribution in [2.75, 3.05) is 0 Å². The molecular formula is C24H29CaFNNaO4. The number of hydrogen-bond acceptors (Lipinski definition) is 3. The van der Waals surface area contributed by atoms with Gasteiger partial charge in [-0.05, 0) is 43.7 Å². The summed E-state index contributed by atoms with van der Waals surface area (Å²) < 4.78 is 15.6. The van der Waals surface area contributed by atoms with Crippen molar-refractivity contribution in [3.05, 3.63) is 66.1 Å². The molecule has 0 saturated heterocycles. The van der Waals surface area contributed by atoms with Crippen LogP contribution in [0.5, 0.6) is 0 Å². The first-order valence-electron chi connectivity index (χ1n) is 9.93. The Hall–Kier alpha value is -0.700. The fraction of sp³-hybridized carbons (Fsp3) is 0.292. The standard InChI is InChI=1S/C24H26FNO4.Ca.Na.3H/c1-15(2)26-21-6-4-3-5-20(21)24(16-7-9-17(25)10-8-16)22(26)12-11-18(27)13-19(28)14-23(29)30;;;;;/h3-12,15,18-19,27-28H,13-14H2,1-2H3,(H,29,30);;;;;/q;+2;+1;3*-1/b12-11+;;;;;. The first-order chi connectivity index (χ1) is 14.3. The van der Waals surface area contributed by atoms with Crippen molar-refractivity contribution < 1.29 is 58.3 Å². The van der Waals surface area contributed by atoms with Gasteiger partial charge in [0.25, 0.3) is 0 Å². The summed E-state index contributed by atoms with van der Waals surface area (Å²) in [7, 11) is 0. The number of rotatable bonds is 8. The van der Waals surface area contributed by atoms with E-state index in [9.17, 15) is 19.4 Å². The van der Waals surface area contributed by atoms with E-state index >= 15 is 0 Å². The summed E-state index contributed by atoms with van der Waals surface area (Å²) in [6.07, 6.45) is 0.727. The number of carbonyl (C=O) groups is 1. The Kier molecular flexibility index (Phi) is 12.1. The zero-order valence-corrected chi connectivity index (χ0v) is 22.9. The Labute approximate surface area is 243 Å². The van der Waals surface area contributed by atoms with Gasteiger partial charge in [-0.1, -0.05) is 36.4 Å². The van der Waals surface area contributed by atoms with Gasteiger partial charge in [-0.2, -0.15) is 0 Å². The molecule has 0 spiro atoms. The third kappa shape index (κ3) is 7.15. The van der Waals surface area contributed by atoms with Crippen molar-refractivity contribution in [1.82, 2.24) is 4.57 Å². The zero-order valence-electron chi connectivity index (χ0n) is 21.7. The van der Waals surface area contributed by atoms with E-state index < -0.39 is 24.6 Å². The van der Waals surface area contributed by atoms with Gasteiger partial charge in [-0.25, -0.2) is 4.39 Å². The van der Waals surface area contributed by atoms with Crippen LogP contribution in [0.25, 0.3) is 28.1 Å². The molecule has 0 saturated carbocycles. The smallest absolute Gasteiger partial charge is 1.00 e. The summed E-state index contributed by atoms with van der Waals surface area (Å²) in [6.45, 7) is 4.12. The normalized spacial score (nSPS) is 13.1. The molecular weight excluding hydrogens is 448 g/mol. The van der Waals surface area contributed by atoms with Crippen LogP contribution in [0.4, 0.5) is 4.39 Å². The van der Waals surface area contributed by atoms with Crippen LogP contribution in [0, 0.1) is 5.82 Å². The third-order valence-electron chi connectivity index (χ3n) is 5.00. The van der Waals surface area contributed by atoms with E-state index in [1.165, 1.54) is 12.1 Å². The molecule has 2 atom stereocenters. The zero-order chi connectivity index (χ0) is 21.8. The molecule has 32 heavy (non-hydrogen) atoms. The number of aliphatic carboxylic acids is 1. The summed E-state index contributed by atoms with van der Waals surface area (Å²) in [5.41, 5.74) is 3.65. The number of aliphatic hydroxyl groups excluding tert-OH is 2. The summed E-state index contributed by atoms with van der Waals surface area (Å²) in [6, 6.07) is 14.4. The predicted molar refractivity (Wildman–Crippen MR) is 125 cm³/mol. The van der Waals surface area contributed by atoms with E-state index in [-0.39, 0.29) is 89.9 Å². The van der Waals surface area contributed by atoms with Gasteiger partial charge >= 0.3 is 73.3 Å². The molecule has 0 fully saturated rings. The number of carboxylic acid groups (broad SMARTS) is 1. The second kappa shape index (κ2) is 13.3. The molecule has 3 N–H and O–H groups in total. The minimum atomic E-state index is -1.13. The van der Waals surface area contributed by atoms with Crippen LogP contribution < -0.4 is 29.6 Å². The number of aliphatic hydroxyl groups is 2. The van der Waals surface area contributed by atoms with Gasteiger partial charge in [0.1, 0.15) is 5.82 Å². The maximum atomic E-state index is 13.5. The average Bonchev–Trinajstić information content (AvgIpc) is 3.00. The van der Waals surface area contributed by atoms with Crippen molar-refractivity contribution in [3.8, 4) is 11.1 Å². The largest absolute Gasteiger partial charge is 2.00 e. The number of hydrogen-bond donors (Lipinski definition) is 3. The molecule has 1 heterocycles. The van der Waals surface area contributed by atoms with E-state index in [1.807, 2.05) is 24.3 Å². The number of aromatic nitrogens is 1. The Morgan fingerprint density at radius 3 is 2.34 bits per heavy atom. The summed E-state index contributed by atoms with van der Waals surface area (Å²) >= 11 is 0. The molecule has 1 aromatic heterocycles. The van der Waals surface area contributed by atoms with Crippen LogP contribution in [0.15, 0.2) is 54.6 Å². The van der Waals surface area contributed by atoms with Crippen LogP contribution in [0.2, 0.25) is 0 Å². The molecule has 0 radical (unpaired) electrons. The maximum Gasteiger partial charge on any atom is 2.00 e. The van der Waals surface area contributed by atoms with Crippen LogP contribution in [-0.2, 0) is 4.79 Å². The SMILES string of the molecule is CC(C)n1c(/C=C/C(O)CC(O)CC(=O)O)c(-c2ccc(F)cc2)c2ccccc21.[Ca+2].[H-].[H-].[H-].[Na+]. The van der Waals surface area contributed by atoms with Crippen molar-refractivity contribution >= 4 is 60.7 Å². The van der Waals surface area contributed by atoms with Crippen molar-refractivity contribution in [3.63, 3.8) is 0 Å². The van der Waals surface area contributed by atoms with Gasteiger partial charge in [-0.15, -0.1) is 0 Å². The topological polar surface area (TPSA) is 82.7 Å². The molecule has 2 aromatic carbocycles. The summed E-state index contributed by atoms with van der Waals surface area (Å²) in [5.74, 6) is -1.43. The van der Waals surface area contributed by atoms with Gasteiger partial charge in [0.2, 0.25) is 0 Å². The number of benzene rings is 2. The predicted octanol–water partition coefficient (Wildman–Crippen LogP) is 1.59. The molecule has 2 unspecified atom stereocenters. The van der Waals surface area contributed by atoms with Crippen LogP contribution in [0.3, 0.4) is 0 Å². The first kappa shape index (κ1) is 29.3. The Morgan fingerprint density at radius 2 is 1.75 bits per heavy atom. The summed E-state index contributed by atoms with van der Waals surface area (Å²) in [4.78, 5) is 10.7. The van der Waals surface area contributed by atoms with Crippen LogP contribution in [0.1, 0.15) is 42.7 Å². The third-order valence-corrected chi connectivity index (χ3v) is 5.00. The van der Waals surface area contributed by atoms with Crippen molar-refractivity contribution in [2.45, 2.75) is 44.9 Å². The number of halogens is 1. The number of carboxylic acids is 1. The molecule has 164 valence electrons. The number of nitrogens with zero attached hydrogens (tertiary/aromatic N) is 1. The first-order valence-corrected chi connectivity index (χ1v) is 9.93. The number of fused-ring (bicyclic) bond motifs is 1. The monoisotopic (exact) mass is 477 g/mol. The quantitative estimate of drug-likeness (QED) is 0.431. The molecule has 3 rings (SSSR count). The second-order valence-electron chi connectivity index (χ2n) is 7.66. The fourth-order valence-corrected chi connectivity index (χ4v) is 3.77. The molecule has 8 heteroatoms. The summed E-state index contributed by atoms with van der Waals surface area (Å²) in [5, 5.41) is 29.9. The van der Waals surface area contributed by atoms with Crippen LogP contribution >= 0.6 is 0 Å². The van der Waals surface area contributed by atoms with Gasteiger partial charge in [-0.3, -0.25) is 4.79 Å². The second-order valence-corrected chi connectivity index (χ2v) is 7.66. The molecule has 0 aliphatic heterocycles. The van der Waals surface area contributed by atoms with E-state index in [2.05, 4.69) is 18.4 Å². The van der Waals surface area contributed by atoms with E-state index in [0.29, 0.717) is 0 Å². The van der Waals surface area contributed by atoms with Crippen molar-refractivity contribution in [1.29, 1.82) is 0 Å². The Morgan fingerprint density at radius 1 is 1.12 bits per heavy atom. The minimum absolute atomic E-state index is 0. The Bertz CT molecular complexity index is 1080. The van der Waals surface area contributed by atoms with E-state index in [0.717, 1.165) is 27.7 Å². The molecule has 5 nitrogen and oxygen atoms in total. The van der Waals surface area contributed by atoms with E-state index in [1.54, 1.807) is 24.3 Å². The van der Waals surface area contributed by atoms with Crippen LogP contribution in [-0.4, -0.2) is 75.8 Å². The van der Waals surface area contributed by atoms with Crippen molar-refractivity contribution in [2.24, 2.45) is 0 Å². The number of para-hydroxylation sites is 1. The molecule has 3 aromatic rings. The van der Waals surface area contributed by atoms with Gasteiger partial charge in [0.15, 0.2) is 0 Å². The fourth-order valence-electron chi connectivity index (χ4n) is 3.77. The molecule has 0 aliphatic carbocycles. The molecule has 0 aliphatic rings. The molecule has 0 amide bonds. The minimum Gasteiger partial charge on any atom is -1.00 e.